The molecule has 1 saturated heterocycles. The van der Waals surface area contributed by atoms with Crippen LogP contribution < -0.4 is 24.4 Å². The summed E-state index contributed by atoms with van der Waals surface area (Å²) in [6.07, 6.45) is 1.34. The summed E-state index contributed by atoms with van der Waals surface area (Å²) >= 11 is 6.14. The highest BCUT2D eigenvalue weighted by Gasteiger charge is 2.28. The van der Waals surface area contributed by atoms with Crippen LogP contribution >= 0.6 is 11.6 Å². The van der Waals surface area contributed by atoms with Crippen molar-refractivity contribution >= 4 is 29.2 Å². The number of hydrogen-bond acceptors (Lipinski definition) is 8. The molecule has 4 rings (SSSR count). The molecule has 174 valence electrons. The number of nitrogens with zero attached hydrogens (tertiary/aromatic N) is 3. The van der Waals surface area contributed by atoms with Gasteiger partial charge in [-0.25, -0.2) is 0 Å². The highest BCUT2D eigenvalue weighted by molar-refractivity contribution is 6.32. The first-order chi connectivity index (χ1) is 16.0. The lowest BCUT2D eigenvalue weighted by atomic mass is 9.96. The number of nitrogens with one attached hydrogen (secondary N) is 1. The average molecular weight is 473 g/mol. The molecule has 1 aromatic heterocycles. The van der Waals surface area contributed by atoms with Gasteiger partial charge in [0.15, 0.2) is 11.5 Å². The zero-order chi connectivity index (χ0) is 23.4. The third-order valence-corrected chi connectivity index (χ3v) is 5.91. The highest BCUT2D eigenvalue weighted by atomic mass is 35.5. The fraction of sp³-hybridized carbons (Fsp3) is 0.348. The van der Waals surface area contributed by atoms with E-state index in [0.717, 1.165) is 5.56 Å². The maximum absolute atomic E-state index is 12.7. The first kappa shape index (κ1) is 22.7. The number of halogens is 1. The summed E-state index contributed by atoms with van der Waals surface area (Å²) in [5.41, 5.74) is 1.40. The number of amides is 1. The number of aromatic nitrogens is 2. The lowest BCUT2D eigenvalue weighted by Gasteiger charge is -2.29. The Morgan fingerprint density at radius 1 is 1.03 bits per heavy atom. The van der Waals surface area contributed by atoms with Gasteiger partial charge in [0.05, 0.1) is 26.4 Å². The number of carbonyl (C=O) groups is 1. The number of rotatable bonds is 7. The van der Waals surface area contributed by atoms with Crippen LogP contribution in [0.1, 0.15) is 12.8 Å². The first-order valence-electron chi connectivity index (χ1n) is 10.5. The molecule has 0 atom stereocenters. The van der Waals surface area contributed by atoms with Gasteiger partial charge in [0.25, 0.3) is 0 Å². The SMILES string of the molecule is COc1ccc(NC(=O)C2CCN(c3nc(-c4ccc(OC)c(OC)c4)no3)CC2)cc1Cl. The van der Waals surface area contributed by atoms with Gasteiger partial charge >= 0.3 is 6.01 Å². The summed E-state index contributed by atoms with van der Waals surface area (Å²) < 4.78 is 21.2. The Hall–Kier alpha value is -3.46. The fourth-order valence-corrected chi connectivity index (χ4v) is 4.02. The van der Waals surface area contributed by atoms with Gasteiger partial charge in [0.2, 0.25) is 11.7 Å². The third kappa shape index (κ3) is 4.98. The minimum Gasteiger partial charge on any atom is -0.495 e. The number of piperidine rings is 1. The number of anilines is 2. The van der Waals surface area contributed by atoms with E-state index in [-0.39, 0.29) is 11.8 Å². The molecule has 1 fully saturated rings. The minimum atomic E-state index is -0.115. The van der Waals surface area contributed by atoms with Crippen LogP contribution in [0, 0.1) is 5.92 Å². The van der Waals surface area contributed by atoms with Gasteiger partial charge in [-0.1, -0.05) is 16.8 Å². The molecular formula is C23H25ClN4O5. The fourth-order valence-electron chi connectivity index (χ4n) is 3.76. The number of benzene rings is 2. The number of ether oxygens (including phenoxy) is 3. The van der Waals surface area contributed by atoms with E-state index in [2.05, 4.69) is 15.5 Å². The second-order valence-electron chi connectivity index (χ2n) is 7.57. The van der Waals surface area contributed by atoms with Crippen molar-refractivity contribution in [1.82, 2.24) is 10.1 Å². The van der Waals surface area contributed by atoms with Gasteiger partial charge in [-0.05, 0) is 49.2 Å². The van der Waals surface area contributed by atoms with E-state index in [1.807, 2.05) is 11.0 Å². The van der Waals surface area contributed by atoms with E-state index < -0.39 is 0 Å². The van der Waals surface area contributed by atoms with Crippen LogP contribution in [0.5, 0.6) is 17.2 Å². The molecule has 0 bridgehead atoms. The Balaban J connectivity index is 1.36. The van der Waals surface area contributed by atoms with Crippen LogP contribution in [0.3, 0.4) is 0 Å². The molecule has 1 aliphatic rings. The van der Waals surface area contributed by atoms with Crippen molar-refractivity contribution in [2.45, 2.75) is 12.8 Å². The summed E-state index contributed by atoms with van der Waals surface area (Å²) in [7, 11) is 4.71. The largest absolute Gasteiger partial charge is 0.495 e. The van der Waals surface area contributed by atoms with Crippen molar-refractivity contribution in [3.05, 3.63) is 41.4 Å². The van der Waals surface area contributed by atoms with Crippen molar-refractivity contribution in [3.8, 4) is 28.6 Å². The Kier molecular flexibility index (Phi) is 6.88. The van der Waals surface area contributed by atoms with Gasteiger partial charge in [-0.2, -0.15) is 4.98 Å². The smallest absolute Gasteiger partial charge is 0.324 e. The average Bonchev–Trinajstić information content (AvgIpc) is 3.34. The van der Waals surface area contributed by atoms with Crippen molar-refractivity contribution in [2.24, 2.45) is 5.92 Å². The van der Waals surface area contributed by atoms with Gasteiger partial charge in [-0.15, -0.1) is 0 Å². The van der Waals surface area contributed by atoms with Crippen LogP contribution in [-0.2, 0) is 4.79 Å². The first-order valence-corrected chi connectivity index (χ1v) is 10.9. The molecule has 2 heterocycles. The zero-order valence-corrected chi connectivity index (χ0v) is 19.4. The Morgan fingerprint density at radius 3 is 2.39 bits per heavy atom. The standard InChI is InChI=1S/C23H25ClN4O5/c1-30-18-7-5-16(13-17(18)24)25-22(29)14-8-10-28(11-9-14)23-26-21(27-33-23)15-4-6-19(31-2)20(12-15)32-3/h4-7,12-14H,8-11H2,1-3H3,(H,25,29). The second kappa shape index (κ2) is 9.99. The predicted molar refractivity (Wildman–Crippen MR) is 124 cm³/mol. The second-order valence-corrected chi connectivity index (χ2v) is 7.98. The number of carbonyl (C=O) groups excluding carboxylic acids is 1. The summed E-state index contributed by atoms with van der Waals surface area (Å²) in [5.74, 6) is 2.09. The van der Waals surface area contributed by atoms with Gasteiger partial charge in [0, 0.05) is 30.3 Å². The quantitative estimate of drug-likeness (QED) is 0.544. The highest BCUT2D eigenvalue weighted by Crippen LogP contribution is 2.33. The van der Waals surface area contributed by atoms with E-state index in [1.54, 1.807) is 51.7 Å². The van der Waals surface area contributed by atoms with Crippen LogP contribution in [0.15, 0.2) is 40.9 Å². The van der Waals surface area contributed by atoms with E-state index in [1.165, 1.54) is 0 Å². The summed E-state index contributed by atoms with van der Waals surface area (Å²) in [4.78, 5) is 19.2. The summed E-state index contributed by atoms with van der Waals surface area (Å²) in [6.45, 7) is 1.27. The topological polar surface area (TPSA) is 99.0 Å². The molecule has 1 amide bonds. The maximum Gasteiger partial charge on any atom is 0.324 e. The molecule has 0 unspecified atom stereocenters. The maximum atomic E-state index is 12.7. The molecule has 0 saturated carbocycles. The van der Waals surface area contributed by atoms with Crippen molar-refractivity contribution in [3.63, 3.8) is 0 Å². The molecule has 0 aliphatic carbocycles. The third-order valence-electron chi connectivity index (χ3n) is 5.61. The molecule has 10 heteroatoms. The minimum absolute atomic E-state index is 0.0348. The molecular weight excluding hydrogens is 448 g/mol. The van der Waals surface area contributed by atoms with Gasteiger partial charge in [-0.3, -0.25) is 4.79 Å². The Bertz CT molecular complexity index is 1130. The van der Waals surface area contributed by atoms with E-state index in [9.17, 15) is 4.79 Å². The van der Waals surface area contributed by atoms with E-state index in [4.69, 9.17) is 30.3 Å². The molecule has 3 aromatic rings. The lowest BCUT2D eigenvalue weighted by Crippen LogP contribution is -2.38. The lowest BCUT2D eigenvalue weighted by molar-refractivity contribution is -0.120. The van der Waals surface area contributed by atoms with Crippen molar-refractivity contribution < 1.29 is 23.5 Å². The van der Waals surface area contributed by atoms with Crippen LogP contribution in [0.2, 0.25) is 5.02 Å². The normalized spacial score (nSPS) is 14.1. The molecule has 1 N–H and O–H groups in total. The molecule has 2 aromatic carbocycles. The van der Waals surface area contributed by atoms with Crippen LogP contribution in [0.25, 0.3) is 11.4 Å². The number of hydrogen-bond donors (Lipinski definition) is 1. The van der Waals surface area contributed by atoms with Crippen LogP contribution in [0.4, 0.5) is 11.7 Å². The van der Waals surface area contributed by atoms with Crippen molar-refractivity contribution in [2.75, 3.05) is 44.6 Å². The molecule has 0 radical (unpaired) electrons. The summed E-state index contributed by atoms with van der Waals surface area (Å²) in [6, 6.07) is 11.1. The summed E-state index contributed by atoms with van der Waals surface area (Å²) in [5, 5.41) is 7.48. The molecule has 9 nitrogen and oxygen atoms in total. The molecule has 33 heavy (non-hydrogen) atoms. The predicted octanol–water partition coefficient (Wildman–Crippen LogP) is 4.27. The van der Waals surface area contributed by atoms with E-state index in [0.29, 0.717) is 65.7 Å². The Morgan fingerprint density at radius 2 is 1.73 bits per heavy atom. The monoisotopic (exact) mass is 472 g/mol. The van der Waals surface area contributed by atoms with Gasteiger partial charge < -0.3 is 29.0 Å². The zero-order valence-electron chi connectivity index (χ0n) is 18.6. The van der Waals surface area contributed by atoms with Crippen LogP contribution in [-0.4, -0.2) is 50.5 Å². The van der Waals surface area contributed by atoms with Gasteiger partial charge in [0.1, 0.15) is 5.75 Å². The number of methoxy groups -OCH3 is 3. The Labute approximate surface area is 196 Å². The van der Waals surface area contributed by atoms with E-state index >= 15 is 0 Å². The molecule has 0 spiro atoms. The van der Waals surface area contributed by atoms with Crippen molar-refractivity contribution in [1.29, 1.82) is 0 Å². The molecule has 1 aliphatic heterocycles.